The maximum Gasteiger partial charge on any atom is 0.239 e. The van der Waals surface area contributed by atoms with Crippen LogP contribution in [0.4, 0.5) is 0 Å². The van der Waals surface area contributed by atoms with Crippen molar-refractivity contribution in [3.63, 3.8) is 0 Å². The molecule has 92 valence electrons. The number of amides is 1. The van der Waals surface area contributed by atoms with Gasteiger partial charge in [-0.25, -0.2) is 0 Å². The predicted octanol–water partition coefficient (Wildman–Crippen LogP) is 1.87. The van der Waals surface area contributed by atoms with Crippen LogP contribution in [-0.4, -0.2) is 47.4 Å². The van der Waals surface area contributed by atoms with E-state index in [0.29, 0.717) is 11.9 Å². The van der Waals surface area contributed by atoms with Crippen LogP contribution in [0.3, 0.4) is 0 Å². The summed E-state index contributed by atoms with van der Waals surface area (Å²) in [5, 5.41) is 0. The third kappa shape index (κ3) is 2.24. The van der Waals surface area contributed by atoms with Gasteiger partial charge in [0.1, 0.15) is 0 Å². The quantitative estimate of drug-likeness (QED) is 0.715. The average Bonchev–Trinajstić information content (AvgIpc) is 2.34. The molecule has 1 saturated heterocycles. The topological polar surface area (TPSA) is 23.6 Å². The van der Waals surface area contributed by atoms with Crippen molar-refractivity contribution >= 4 is 5.91 Å². The van der Waals surface area contributed by atoms with Crippen LogP contribution >= 0.6 is 0 Å². The third-order valence-electron chi connectivity index (χ3n) is 4.22. The maximum atomic E-state index is 12.1. The Morgan fingerprint density at radius 1 is 1.19 bits per heavy atom. The summed E-state index contributed by atoms with van der Waals surface area (Å²) in [5.74, 6) is 0.333. The summed E-state index contributed by atoms with van der Waals surface area (Å²) in [7, 11) is 0. The fraction of sp³-hybridized carbons (Fsp3) is 0.923. The fourth-order valence-corrected chi connectivity index (χ4v) is 3.17. The monoisotopic (exact) mass is 224 g/mol. The van der Waals surface area contributed by atoms with Crippen molar-refractivity contribution < 1.29 is 4.79 Å². The van der Waals surface area contributed by atoms with Crippen LogP contribution in [0, 0.1) is 0 Å². The number of rotatable bonds is 2. The Kier molecular flexibility index (Phi) is 3.85. The molecule has 1 amide bonds. The molecule has 3 heteroatoms. The van der Waals surface area contributed by atoms with Crippen molar-refractivity contribution in [2.75, 3.05) is 19.6 Å². The zero-order valence-electron chi connectivity index (χ0n) is 10.6. The Labute approximate surface area is 98.8 Å². The number of carbonyl (C=O) groups is 1. The molecule has 3 nitrogen and oxygen atoms in total. The highest BCUT2D eigenvalue weighted by Crippen LogP contribution is 2.26. The first-order valence-corrected chi connectivity index (χ1v) is 6.78. The van der Waals surface area contributed by atoms with Crippen molar-refractivity contribution in [2.24, 2.45) is 0 Å². The zero-order chi connectivity index (χ0) is 11.5. The molecule has 2 rings (SSSR count). The third-order valence-corrected chi connectivity index (χ3v) is 4.22. The number of hydrogen-bond donors (Lipinski definition) is 0. The number of nitrogens with zero attached hydrogens (tertiary/aromatic N) is 2. The van der Waals surface area contributed by atoms with Gasteiger partial charge in [-0.2, -0.15) is 0 Å². The van der Waals surface area contributed by atoms with Gasteiger partial charge in [0.05, 0.1) is 6.04 Å². The first-order valence-electron chi connectivity index (χ1n) is 6.78. The average molecular weight is 224 g/mol. The summed E-state index contributed by atoms with van der Waals surface area (Å²) in [6.07, 6.45) is 6.67. The highest BCUT2D eigenvalue weighted by Gasteiger charge is 2.34. The zero-order valence-corrected chi connectivity index (χ0v) is 10.6. The van der Waals surface area contributed by atoms with E-state index in [-0.39, 0.29) is 6.04 Å². The molecule has 0 aromatic heterocycles. The van der Waals surface area contributed by atoms with Crippen molar-refractivity contribution in [1.29, 1.82) is 0 Å². The van der Waals surface area contributed by atoms with Crippen LogP contribution in [0.1, 0.15) is 46.0 Å². The molecule has 2 aliphatic rings. The summed E-state index contributed by atoms with van der Waals surface area (Å²) in [6, 6.07) is 0.781. The second kappa shape index (κ2) is 5.17. The van der Waals surface area contributed by atoms with Crippen LogP contribution in [0.25, 0.3) is 0 Å². The van der Waals surface area contributed by atoms with E-state index in [4.69, 9.17) is 0 Å². The second-order valence-corrected chi connectivity index (χ2v) is 5.12. The highest BCUT2D eigenvalue weighted by atomic mass is 16.2. The summed E-state index contributed by atoms with van der Waals surface area (Å²) in [5.41, 5.74) is 0. The molecule has 16 heavy (non-hydrogen) atoms. The minimum absolute atomic E-state index is 0.108. The molecule has 0 spiro atoms. The van der Waals surface area contributed by atoms with Crippen LogP contribution in [0.15, 0.2) is 0 Å². The van der Waals surface area contributed by atoms with E-state index in [1.807, 2.05) is 4.90 Å². The van der Waals surface area contributed by atoms with Gasteiger partial charge in [-0.05, 0) is 26.7 Å². The Morgan fingerprint density at radius 3 is 2.50 bits per heavy atom. The SMILES string of the molecule is CCN1CCN(C2CCCCC2)C(C)C1=O. The first kappa shape index (κ1) is 11.9. The molecule has 1 heterocycles. The standard InChI is InChI=1S/C13H24N2O/c1-3-14-9-10-15(11(2)13(14)16)12-7-5-4-6-8-12/h11-12H,3-10H2,1-2H3. The van der Waals surface area contributed by atoms with Crippen LogP contribution in [0.2, 0.25) is 0 Å². The number of carbonyl (C=O) groups excluding carboxylic acids is 1. The lowest BCUT2D eigenvalue weighted by atomic mass is 9.92. The van der Waals surface area contributed by atoms with E-state index < -0.39 is 0 Å². The molecule has 1 aliphatic heterocycles. The molecular weight excluding hydrogens is 200 g/mol. The number of hydrogen-bond acceptors (Lipinski definition) is 2. The Morgan fingerprint density at radius 2 is 1.88 bits per heavy atom. The molecule has 0 bridgehead atoms. The molecule has 2 fully saturated rings. The van der Waals surface area contributed by atoms with Gasteiger partial charge in [-0.3, -0.25) is 9.69 Å². The molecule has 0 N–H and O–H groups in total. The van der Waals surface area contributed by atoms with Gasteiger partial charge in [0, 0.05) is 25.7 Å². The lowest BCUT2D eigenvalue weighted by Crippen LogP contribution is -2.58. The van der Waals surface area contributed by atoms with Crippen molar-refractivity contribution in [1.82, 2.24) is 9.80 Å². The van der Waals surface area contributed by atoms with Crippen LogP contribution in [-0.2, 0) is 4.79 Å². The predicted molar refractivity (Wildman–Crippen MR) is 65.3 cm³/mol. The Balaban J connectivity index is 1.98. The van der Waals surface area contributed by atoms with E-state index >= 15 is 0 Å². The van der Waals surface area contributed by atoms with Gasteiger partial charge in [-0.15, -0.1) is 0 Å². The van der Waals surface area contributed by atoms with E-state index in [1.54, 1.807) is 0 Å². The van der Waals surface area contributed by atoms with Crippen LogP contribution < -0.4 is 0 Å². The van der Waals surface area contributed by atoms with Gasteiger partial charge in [-0.1, -0.05) is 19.3 Å². The smallest absolute Gasteiger partial charge is 0.239 e. The van der Waals surface area contributed by atoms with E-state index in [2.05, 4.69) is 18.7 Å². The molecule has 1 saturated carbocycles. The summed E-state index contributed by atoms with van der Waals surface area (Å²) in [4.78, 5) is 16.5. The molecule has 1 atom stereocenters. The normalized spacial score (nSPS) is 29.8. The largest absolute Gasteiger partial charge is 0.340 e. The Hall–Kier alpha value is -0.570. The lowest BCUT2D eigenvalue weighted by molar-refractivity contribution is -0.142. The molecule has 0 radical (unpaired) electrons. The lowest BCUT2D eigenvalue weighted by Gasteiger charge is -2.44. The highest BCUT2D eigenvalue weighted by molar-refractivity contribution is 5.82. The van der Waals surface area contributed by atoms with E-state index in [0.717, 1.165) is 19.6 Å². The van der Waals surface area contributed by atoms with Crippen LogP contribution in [0.5, 0.6) is 0 Å². The molecular formula is C13H24N2O. The van der Waals surface area contributed by atoms with Gasteiger partial charge in [0.15, 0.2) is 0 Å². The summed E-state index contributed by atoms with van der Waals surface area (Å²) < 4.78 is 0. The summed E-state index contributed by atoms with van der Waals surface area (Å²) in [6.45, 7) is 7.02. The van der Waals surface area contributed by atoms with E-state index in [9.17, 15) is 4.79 Å². The van der Waals surface area contributed by atoms with Gasteiger partial charge >= 0.3 is 0 Å². The van der Waals surface area contributed by atoms with Crippen molar-refractivity contribution in [3.8, 4) is 0 Å². The summed E-state index contributed by atoms with van der Waals surface area (Å²) >= 11 is 0. The first-order chi connectivity index (χ1) is 7.74. The molecule has 1 unspecified atom stereocenters. The maximum absolute atomic E-state index is 12.1. The van der Waals surface area contributed by atoms with E-state index in [1.165, 1.54) is 32.1 Å². The molecule has 1 aliphatic carbocycles. The molecule has 0 aromatic carbocycles. The molecule has 0 aromatic rings. The van der Waals surface area contributed by atoms with Gasteiger partial charge < -0.3 is 4.90 Å². The van der Waals surface area contributed by atoms with Crippen molar-refractivity contribution in [2.45, 2.75) is 58.0 Å². The number of likely N-dealkylation sites (N-methyl/N-ethyl adjacent to an activating group) is 1. The Bertz CT molecular complexity index is 248. The minimum atomic E-state index is 0.108. The van der Waals surface area contributed by atoms with Gasteiger partial charge in [0.2, 0.25) is 5.91 Å². The van der Waals surface area contributed by atoms with Crippen molar-refractivity contribution in [3.05, 3.63) is 0 Å². The van der Waals surface area contributed by atoms with Gasteiger partial charge in [0.25, 0.3) is 0 Å². The number of piperazine rings is 1. The second-order valence-electron chi connectivity index (χ2n) is 5.12. The minimum Gasteiger partial charge on any atom is -0.340 e. The fourth-order valence-electron chi connectivity index (χ4n) is 3.17.